The summed E-state index contributed by atoms with van der Waals surface area (Å²) >= 11 is 1.01. The number of nitrogens with one attached hydrogen (secondary N) is 1. The number of hydrogen-bond donors (Lipinski definition) is 2. The molecule has 1 fully saturated rings. The van der Waals surface area contributed by atoms with Crippen molar-refractivity contribution in [3.8, 4) is 5.75 Å². The highest BCUT2D eigenvalue weighted by Gasteiger charge is 2.23. The number of amides is 1. The number of carbonyl (C=O) groups excluding carboxylic acids is 1. The third-order valence-corrected chi connectivity index (χ3v) is 3.97. The summed E-state index contributed by atoms with van der Waals surface area (Å²) in [6.45, 7) is 0. The fraction of sp³-hybridized carbons (Fsp3) is 0. The summed E-state index contributed by atoms with van der Waals surface area (Å²) in [7, 11) is 0. The molecule has 0 bridgehead atoms. The molecule has 7 nitrogen and oxygen atoms in total. The van der Waals surface area contributed by atoms with Crippen LogP contribution in [-0.4, -0.2) is 21.1 Å². The number of carbonyl (C=O) groups is 1. The maximum atomic E-state index is 11.6. The van der Waals surface area contributed by atoms with Crippen molar-refractivity contribution in [1.82, 2.24) is 5.32 Å². The van der Waals surface area contributed by atoms with E-state index in [0.29, 0.717) is 16.4 Å². The van der Waals surface area contributed by atoms with Crippen LogP contribution in [0, 0.1) is 10.1 Å². The zero-order chi connectivity index (χ0) is 17.1. The van der Waals surface area contributed by atoms with Crippen LogP contribution in [0.2, 0.25) is 0 Å². The molecule has 0 atom stereocenters. The molecular formula is C16H11N3O4S. The summed E-state index contributed by atoms with van der Waals surface area (Å²) in [5, 5.41) is 22.4. The van der Waals surface area contributed by atoms with Gasteiger partial charge in [-0.2, -0.15) is 0 Å². The van der Waals surface area contributed by atoms with Crippen LogP contribution in [0.25, 0.3) is 6.08 Å². The Morgan fingerprint density at radius 2 is 1.79 bits per heavy atom. The maximum Gasteiger partial charge on any atom is 0.289 e. The van der Waals surface area contributed by atoms with Crippen LogP contribution in [-0.2, 0) is 0 Å². The van der Waals surface area contributed by atoms with Gasteiger partial charge in [-0.25, -0.2) is 4.99 Å². The lowest BCUT2D eigenvalue weighted by Crippen LogP contribution is -2.18. The standard InChI is InChI=1S/C16H11N3O4S/c20-13-7-1-10(2-8-13)9-14-15(18-16(21)24-14)17-11-3-5-12(6-4-11)19(22)23/h1-9,20H,(H,17,18,21)/b14-9-. The first-order valence-corrected chi connectivity index (χ1v) is 7.66. The van der Waals surface area contributed by atoms with E-state index in [0.717, 1.165) is 17.3 Å². The predicted octanol–water partition coefficient (Wildman–Crippen LogP) is 3.83. The van der Waals surface area contributed by atoms with Crippen LogP contribution in [0.15, 0.2) is 58.4 Å². The molecule has 3 rings (SSSR count). The number of nitro benzene ring substituents is 1. The van der Waals surface area contributed by atoms with Gasteiger partial charge in [0.25, 0.3) is 10.9 Å². The molecule has 2 aromatic carbocycles. The van der Waals surface area contributed by atoms with Crippen molar-refractivity contribution in [1.29, 1.82) is 0 Å². The molecule has 0 saturated carbocycles. The number of phenols is 1. The van der Waals surface area contributed by atoms with Gasteiger partial charge in [0.15, 0.2) is 0 Å². The molecule has 0 aromatic heterocycles. The lowest BCUT2D eigenvalue weighted by Gasteiger charge is -2.00. The number of nitrogens with zero attached hydrogens (tertiary/aromatic N) is 2. The van der Waals surface area contributed by atoms with Crippen molar-refractivity contribution in [2.24, 2.45) is 4.99 Å². The Morgan fingerprint density at radius 3 is 2.42 bits per heavy atom. The quantitative estimate of drug-likeness (QED) is 0.652. The minimum Gasteiger partial charge on any atom is -0.508 e. The Bertz CT molecular complexity index is 858. The Labute approximate surface area is 140 Å². The molecule has 1 amide bonds. The second-order valence-electron chi connectivity index (χ2n) is 4.85. The van der Waals surface area contributed by atoms with E-state index < -0.39 is 4.92 Å². The molecule has 1 aliphatic rings. The lowest BCUT2D eigenvalue weighted by molar-refractivity contribution is -0.384. The van der Waals surface area contributed by atoms with Crippen molar-refractivity contribution in [2.45, 2.75) is 0 Å². The van der Waals surface area contributed by atoms with Crippen molar-refractivity contribution in [2.75, 3.05) is 0 Å². The maximum absolute atomic E-state index is 11.6. The van der Waals surface area contributed by atoms with E-state index in [1.165, 1.54) is 24.3 Å². The van der Waals surface area contributed by atoms with Gasteiger partial charge in [0.2, 0.25) is 0 Å². The number of thioether (sulfide) groups is 1. The average Bonchev–Trinajstić information content (AvgIpc) is 2.89. The number of benzene rings is 2. The molecule has 0 aliphatic carbocycles. The molecule has 0 unspecified atom stereocenters. The monoisotopic (exact) mass is 341 g/mol. The van der Waals surface area contributed by atoms with Gasteiger partial charge >= 0.3 is 0 Å². The highest BCUT2D eigenvalue weighted by atomic mass is 32.2. The molecule has 1 saturated heterocycles. The second-order valence-corrected chi connectivity index (χ2v) is 5.86. The summed E-state index contributed by atoms with van der Waals surface area (Å²) in [6.07, 6.45) is 1.77. The number of phenolic OH excluding ortho intramolecular Hbond substituents is 1. The van der Waals surface area contributed by atoms with Crippen LogP contribution >= 0.6 is 11.8 Å². The first kappa shape index (κ1) is 15.8. The van der Waals surface area contributed by atoms with Crippen molar-refractivity contribution in [3.05, 3.63) is 69.1 Å². The van der Waals surface area contributed by atoms with Gasteiger partial charge in [-0.15, -0.1) is 0 Å². The van der Waals surface area contributed by atoms with E-state index in [1.54, 1.807) is 30.3 Å². The number of non-ortho nitro benzene ring substituents is 1. The first-order chi connectivity index (χ1) is 11.5. The molecular weight excluding hydrogens is 330 g/mol. The first-order valence-electron chi connectivity index (χ1n) is 6.84. The van der Waals surface area contributed by atoms with E-state index in [9.17, 15) is 20.0 Å². The topological polar surface area (TPSA) is 105 Å². The number of rotatable bonds is 3. The van der Waals surface area contributed by atoms with Crippen molar-refractivity contribution >= 4 is 40.3 Å². The zero-order valence-corrected chi connectivity index (χ0v) is 13.0. The molecule has 8 heteroatoms. The Balaban J connectivity index is 1.91. The van der Waals surface area contributed by atoms with Gasteiger partial charge in [0.05, 0.1) is 15.5 Å². The van der Waals surface area contributed by atoms with Crippen LogP contribution in [0.4, 0.5) is 16.2 Å². The highest BCUT2D eigenvalue weighted by Crippen LogP contribution is 2.29. The molecule has 2 aromatic rings. The summed E-state index contributed by atoms with van der Waals surface area (Å²) in [5.74, 6) is 0.539. The van der Waals surface area contributed by atoms with Gasteiger partial charge in [-0.1, -0.05) is 12.1 Å². The Kier molecular flexibility index (Phi) is 4.30. The average molecular weight is 341 g/mol. The SMILES string of the molecule is O=C1NC(=Nc2ccc([N+](=O)[O-])cc2)/C(=C/c2ccc(O)cc2)S1. The predicted molar refractivity (Wildman–Crippen MR) is 92.4 cm³/mol. The van der Waals surface area contributed by atoms with E-state index in [2.05, 4.69) is 10.3 Å². The van der Waals surface area contributed by atoms with Gasteiger partial charge in [-0.05, 0) is 47.7 Å². The zero-order valence-electron chi connectivity index (χ0n) is 12.2. The van der Waals surface area contributed by atoms with E-state index in [4.69, 9.17) is 0 Å². The third-order valence-electron chi connectivity index (χ3n) is 3.15. The Hall–Kier alpha value is -3.13. The van der Waals surface area contributed by atoms with E-state index >= 15 is 0 Å². The third kappa shape index (κ3) is 3.61. The summed E-state index contributed by atoms with van der Waals surface area (Å²) in [6, 6.07) is 12.3. The summed E-state index contributed by atoms with van der Waals surface area (Å²) in [5.41, 5.74) is 1.28. The van der Waals surface area contributed by atoms with Crippen LogP contribution < -0.4 is 5.32 Å². The molecule has 120 valence electrons. The minimum atomic E-state index is -0.486. The summed E-state index contributed by atoms with van der Waals surface area (Å²) in [4.78, 5) is 26.8. The van der Waals surface area contributed by atoms with Crippen LogP contribution in [0.1, 0.15) is 5.56 Å². The number of amidine groups is 1. The van der Waals surface area contributed by atoms with Gasteiger partial charge < -0.3 is 10.4 Å². The molecule has 1 heterocycles. The normalized spacial score (nSPS) is 17.2. The minimum absolute atomic E-state index is 0.0244. The number of nitro groups is 1. The van der Waals surface area contributed by atoms with Crippen molar-refractivity contribution < 1.29 is 14.8 Å². The summed E-state index contributed by atoms with van der Waals surface area (Å²) < 4.78 is 0. The van der Waals surface area contributed by atoms with Crippen molar-refractivity contribution in [3.63, 3.8) is 0 Å². The van der Waals surface area contributed by atoms with Crippen LogP contribution in [0.3, 0.4) is 0 Å². The molecule has 2 N–H and O–H groups in total. The van der Waals surface area contributed by atoms with Gasteiger partial charge in [0.1, 0.15) is 11.6 Å². The fourth-order valence-corrected chi connectivity index (χ4v) is 2.75. The lowest BCUT2D eigenvalue weighted by atomic mass is 10.2. The number of aromatic hydroxyl groups is 1. The second kappa shape index (κ2) is 6.55. The van der Waals surface area contributed by atoms with Gasteiger partial charge in [0, 0.05) is 12.1 Å². The fourth-order valence-electron chi connectivity index (χ4n) is 2.01. The van der Waals surface area contributed by atoms with E-state index in [1.807, 2.05) is 0 Å². The number of hydrogen-bond acceptors (Lipinski definition) is 6. The highest BCUT2D eigenvalue weighted by molar-refractivity contribution is 8.18. The van der Waals surface area contributed by atoms with E-state index in [-0.39, 0.29) is 16.7 Å². The molecule has 0 radical (unpaired) electrons. The number of aliphatic imine (C=N–C) groups is 1. The molecule has 0 spiro atoms. The molecule has 24 heavy (non-hydrogen) atoms. The largest absolute Gasteiger partial charge is 0.508 e. The van der Waals surface area contributed by atoms with Crippen LogP contribution in [0.5, 0.6) is 5.75 Å². The Morgan fingerprint density at radius 1 is 1.12 bits per heavy atom. The van der Waals surface area contributed by atoms with Gasteiger partial charge in [-0.3, -0.25) is 14.9 Å². The molecule has 1 aliphatic heterocycles. The smallest absolute Gasteiger partial charge is 0.289 e.